The molecule has 1 aliphatic rings. The molecule has 0 bridgehead atoms. The van der Waals surface area contributed by atoms with Gasteiger partial charge in [-0.15, -0.1) is 0 Å². The van der Waals surface area contributed by atoms with Crippen LogP contribution >= 0.6 is 0 Å². The minimum atomic E-state index is -0.0747. The van der Waals surface area contributed by atoms with Gasteiger partial charge in [-0.05, 0) is 0 Å². The van der Waals surface area contributed by atoms with E-state index in [0.717, 1.165) is 6.42 Å². The van der Waals surface area contributed by atoms with Gasteiger partial charge in [-0.25, -0.2) is 0 Å². The topological polar surface area (TPSA) is 26.3 Å². The van der Waals surface area contributed by atoms with Gasteiger partial charge in [0.15, 0.2) is 0 Å². The van der Waals surface area contributed by atoms with E-state index in [1.54, 1.807) is 0 Å². The molecule has 0 unspecified atom stereocenters. The standard InChI is InChI=1S/C9H12IO2/c1-2-12-9(11)6-5-8-4-3-7-10-8/h3-4,7H,2,5-6H2,1H3/q-1. The Balaban J connectivity index is 2.13. The van der Waals surface area contributed by atoms with Crippen LogP contribution < -0.4 is 21.2 Å². The summed E-state index contributed by atoms with van der Waals surface area (Å²) in [6.07, 6.45) is 5.63. The molecule has 2 nitrogen and oxygen atoms in total. The molecular formula is C9H12IO2-. The maximum atomic E-state index is 10.9. The maximum absolute atomic E-state index is 10.9. The van der Waals surface area contributed by atoms with Gasteiger partial charge in [-0.2, -0.15) is 0 Å². The molecule has 0 radical (unpaired) electrons. The number of carbonyl (C=O) groups excluding carboxylic acids is 1. The molecule has 3 heteroatoms. The molecule has 68 valence electrons. The van der Waals surface area contributed by atoms with Crippen LogP contribution in [0.15, 0.2) is 19.8 Å². The van der Waals surface area contributed by atoms with Crippen molar-refractivity contribution in [2.24, 2.45) is 0 Å². The zero-order valence-electron chi connectivity index (χ0n) is 7.05. The first kappa shape index (κ1) is 9.77. The summed E-state index contributed by atoms with van der Waals surface area (Å²) in [5.74, 6) is -0.0747. The molecule has 1 rings (SSSR count). The van der Waals surface area contributed by atoms with E-state index in [4.69, 9.17) is 4.74 Å². The Labute approximate surface area is 82.9 Å². The van der Waals surface area contributed by atoms with Crippen LogP contribution in [0.4, 0.5) is 0 Å². The predicted octanol–water partition coefficient (Wildman–Crippen LogP) is -1.17. The number of allylic oxidation sites excluding steroid dienone is 3. The van der Waals surface area contributed by atoms with Gasteiger partial charge < -0.3 is 0 Å². The zero-order chi connectivity index (χ0) is 8.81. The molecule has 0 saturated carbocycles. The van der Waals surface area contributed by atoms with Crippen LogP contribution in [0.1, 0.15) is 19.8 Å². The summed E-state index contributed by atoms with van der Waals surface area (Å²) in [5, 5.41) is 0. The Kier molecular flexibility index (Phi) is 4.35. The van der Waals surface area contributed by atoms with Gasteiger partial charge in [0.2, 0.25) is 0 Å². The average molecular weight is 279 g/mol. The molecule has 0 aromatic rings. The summed E-state index contributed by atoms with van der Waals surface area (Å²) >= 11 is 0.107. The number of hydrogen-bond donors (Lipinski definition) is 0. The molecule has 1 aliphatic heterocycles. The fourth-order valence-corrected chi connectivity index (χ4v) is 2.76. The molecule has 0 aromatic heterocycles. The normalized spacial score (nSPS) is 15.2. The van der Waals surface area contributed by atoms with E-state index in [1.807, 2.05) is 6.92 Å². The molecule has 1 heterocycles. The number of carbonyl (C=O) groups is 1. The Morgan fingerprint density at radius 3 is 3.08 bits per heavy atom. The van der Waals surface area contributed by atoms with Crippen molar-refractivity contribution in [3.63, 3.8) is 0 Å². The number of rotatable bonds is 4. The van der Waals surface area contributed by atoms with E-state index in [2.05, 4.69) is 16.2 Å². The quantitative estimate of drug-likeness (QED) is 0.479. The van der Waals surface area contributed by atoms with Gasteiger partial charge in [0.25, 0.3) is 0 Å². The summed E-state index contributed by atoms with van der Waals surface area (Å²) in [5.41, 5.74) is 0. The summed E-state index contributed by atoms with van der Waals surface area (Å²) in [6, 6.07) is 0. The number of ether oxygens (including phenoxy) is 1. The Bertz CT molecular complexity index is 219. The number of halogens is 1. The van der Waals surface area contributed by atoms with Crippen molar-refractivity contribution in [1.29, 1.82) is 0 Å². The zero-order valence-corrected chi connectivity index (χ0v) is 9.21. The van der Waals surface area contributed by atoms with Crippen LogP contribution in [0.2, 0.25) is 0 Å². The fourth-order valence-electron chi connectivity index (χ4n) is 0.887. The molecule has 0 atom stereocenters. The molecule has 0 saturated heterocycles. The summed E-state index contributed by atoms with van der Waals surface area (Å²) in [4.78, 5) is 10.9. The third kappa shape index (κ3) is 3.38. The molecule has 0 N–H and O–H groups in total. The van der Waals surface area contributed by atoms with Gasteiger partial charge in [-0.3, -0.25) is 0 Å². The third-order valence-corrected chi connectivity index (χ3v) is 3.90. The van der Waals surface area contributed by atoms with Crippen molar-refractivity contribution in [2.75, 3.05) is 6.61 Å². The summed E-state index contributed by atoms with van der Waals surface area (Å²) in [7, 11) is 0. The second-order valence-corrected chi connectivity index (χ2v) is 5.07. The van der Waals surface area contributed by atoms with Crippen molar-refractivity contribution in [3.8, 4) is 0 Å². The first-order valence-corrected chi connectivity index (χ1v) is 6.30. The molecular weight excluding hydrogens is 267 g/mol. The second kappa shape index (κ2) is 5.35. The van der Waals surface area contributed by atoms with Crippen molar-refractivity contribution >= 4 is 5.97 Å². The fraction of sp³-hybridized carbons (Fsp3) is 0.444. The van der Waals surface area contributed by atoms with E-state index >= 15 is 0 Å². The average Bonchev–Trinajstić information content (AvgIpc) is 2.53. The Hall–Kier alpha value is -0.320. The van der Waals surface area contributed by atoms with Crippen molar-refractivity contribution < 1.29 is 30.7 Å². The van der Waals surface area contributed by atoms with Gasteiger partial charge in [0, 0.05) is 0 Å². The van der Waals surface area contributed by atoms with E-state index in [1.165, 1.54) is 3.58 Å². The number of esters is 1. The summed E-state index contributed by atoms with van der Waals surface area (Å²) in [6.45, 7) is 2.33. The second-order valence-electron chi connectivity index (χ2n) is 2.35. The van der Waals surface area contributed by atoms with Crippen LogP contribution in [0, 0.1) is 0 Å². The van der Waals surface area contributed by atoms with Crippen LogP contribution in [-0.4, -0.2) is 12.6 Å². The van der Waals surface area contributed by atoms with Gasteiger partial charge in [-0.1, -0.05) is 0 Å². The van der Waals surface area contributed by atoms with Gasteiger partial charge in [0.1, 0.15) is 0 Å². The van der Waals surface area contributed by atoms with E-state index in [-0.39, 0.29) is 27.2 Å². The van der Waals surface area contributed by atoms with Crippen LogP contribution in [-0.2, 0) is 9.53 Å². The minimum absolute atomic E-state index is 0.0747. The van der Waals surface area contributed by atoms with Gasteiger partial charge in [0.05, 0.1) is 0 Å². The van der Waals surface area contributed by atoms with E-state index in [0.29, 0.717) is 13.0 Å². The monoisotopic (exact) mass is 279 g/mol. The van der Waals surface area contributed by atoms with E-state index in [9.17, 15) is 4.79 Å². The van der Waals surface area contributed by atoms with Crippen LogP contribution in [0.3, 0.4) is 0 Å². The van der Waals surface area contributed by atoms with Crippen LogP contribution in [0.5, 0.6) is 0 Å². The van der Waals surface area contributed by atoms with Gasteiger partial charge >= 0.3 is 82.9 Å². The van der Waals surface area contributed by atoms with Crippen LogP contribution in [0.25, 0.3) is 0 Å². The molecule has 0 aromatic carbocycles. The molecule has 0 spiro atoms. The summed E-state index contributed by atoms with van der Waals surface area (Å²) < 4.78 is 8.47. The van der Waals surface area contributed by atoms with Crippen molar-refractivity contribution in [2.45, 2.75) is 19.8 Å². The third-order valence-electron chi connectivity index (χ3n) is 1.43. The SMILES string of the molecule is CCOC(=O)CCC1=CC=C[I-]1. The Morgan fingerprint density at radius 1 is 1.67 bits per heavy atom. The van der Waals surface area contributed by atoms with Crippen molar-refractivity contribution in [3.05, 3.63) is 19.8 Å². The van der Waals surface area contributed by atoms with E-state index < -0.39 is 0 Å². The molecule has 12 heavy (non-hydrogen) atoms. The molecule has 0 fully saturated rings. The Morgan fingerprint density at radius 2 is 2.50 bits per heavy atom. The predicted molar refractivity (Wildman–Crippen MR) is 43.1 cm³/mol. The molecule has 0 amide bonds. The first-order valence-electron chi connectivity index (χ1n) is 3.97. The molecule has 0 aliphatic carbocycles. The number of hydrogen-bond acceptors (Lipinski definition) is 2. The first-order chi connectivity index (χ1) is 5.83. The van der Waals surface area contributed by atoms with Crippen molar-refractivity contribution in [1.82, 2.24) is 0 Å².